The third-order valence-electron chi connectivity index (χ3n) is 9.50. The number of aliphatic imine (C=N–C) groups is 2. The second-order valence-electron chi connectivity index (χ2n) is 14.3. The quantitative estimate of drug-likeness (QED) is 0.0554. The van der Waals surface area contributed by atoms with Gasteiger partial charge in [0.2, 0.25) is 5.69 Å². The van der Waals surface area contributed by atoms with E-state index >= 15 is 0 Å². The summed E-state index contributed by atoms with van der Waals surface area (Å²) in [6.07, 6.45) is 26.2. The van der Waals surface area contributed by atoms with Crippen LogP contribution in [0, 0.1) is 5.92 Å². The number of hydrogen-bond donors (Lipinski definition) is 0. The summed E-state index contributed by atoms with van der Waals surface area (Å²) in [6.45, 7) is 14.6. The number of nitrogens with zero attached hydrogens (tertiary/aromatic N) is 4. The molecule has 1 atom stereocenters. The van der Waals surface area contributed by atoms with Crippen LogP contribution < -0.4 is 9.13 Å². The van der Waals surface area contributed by atoms with Gasteiger partial charge in [-0.25, -0.2) is 4.57 Å². The van der Waals surface area contributed by atoms with Gasteiger partial charge < -0.3 is 0 Å². The molecule has 0 radical (unpaired) electrons. The van der Waals surface area contributed by atoms with Crippen LogP contribution in [-0.4, -0.2) is 19.0 Å². The van der Waals surface area contributed by atoms with E-state index < -0.39 is 0 Å². The molecule has 274 valence electrons. The molecule has 0 saturated carbocycles. The molecule has 0 aliphatic heterocycles. The average molecular weight is 713 g/mol. The predicted octanol–water partition coefficient (Wildman–Crippen LogP) is 11.4. The van der Waals surface area contributed by atoms with Crippen LogP contribution in [0.4, 0.5) is 5.69 Å². The first kappa shape index (κ1) is 39.5. The summed E-state index contributed by atoms with van der Waals surface area (Å²) >= 11 is 0. The standard InChI is InChI=1S/C50H56N4/c1-7-16-43(46-28-34-54(35-29-46)50-23-15-13-21-48(50)40(5)6)24-30-51-37-42(36-41-18-10-9-11-19-41)38-53-32-26-45(27-33-53)44(17-8-2)25-31-52-49-22-14-12-20-47(49)39(3)4/h7-35,39-40,42H,36-38H2,1-6H3/q+2/b16-7-,17-8-,43-24+,44-25+,51-30?,52-31?. The van der Waals surface area contributed by atoms with Crippen LogP contribution in [0.1, 0.15) is 81.2 Å². The lowest BCUT2D eigenvalue weighted by atomic mass is 9.99. The lowest BCUT2D eigenvalue weighted by Crippen LogP contribution is -2.38. The summed E-state index contributed by atoms with van der Waals surface area (Å²) in [6, 6.07) is 36.5. The molecule has 0 N–H and O–H groups in total. The molecule has 3 aromatic carbocycles. The summed E-state index contributed by atoms with van der Waals surface area (Å²) in [5.74, 6) is 1.20. The Kier molecular flexibility index (Phi) is 15.0. The lowest BCUT2D eigenvalue weighted by molar-refractivity contribution is -0.703. The molecule has 2 aromatic heterocycles. The molecule has 0 aliphatic rings. The normalized spacial score (nSPS) is 13.4. The van der Waals surface area contributed by atoms with Crippen molar-refractivity contribution >= 4 is 29.3 Å². The first-order chi connectivity index (χ1) is 26.4. The van der Waals surface area contributed by atoms with E-state index in [1.165, 1.54) is 22.4 Å². The number of rotatable bonds is 16. The van der Waals surface area contributed by atoms with Crippen molar-refractivity contribution in [1.29, 1.82) is 0 Å². The van der Waals surface area contributed by atoms with Gasteiger partial charge in [0.1, 0.15) is 0 Å². The molecule has 0 fully saturated rings. The number of allylic oxidation sites excluding steroid dienone is 8. The average Bonchev–Trinajstić information content (AvgIpc) is 3.19. The van der Waals surface area contributed by atoms with Crippen molar-refractivity contribution in [2.75, 3.05) is 6.54 Å². The molecule has 0 spiro atoms. The Balaban J connectivity index is 1.30. The molecule has 5 aromatic rings. The van der Waals surface area contributed by atoms with Gasteiger partial charge in [-0.1, -0.05) is 119 Å². The van der Waals surface area contributed by atoms with Crippen LogP contribution in [-0.2, 0) is 13.0 Å². The van der Waals surface area contributed by atoms with Crippen LogP contribution >= 0.6 is 0 Å². The van der Waals surface area contributed by atoms with Gasteiger partial charge in [0.25, 0.3) is 0 Å². The third-order valence-corrected chi connectivity index (χ3v) is 9.50. The fourth-order valence-corrected chi connectivity index (χ4v) is 6.68. The van der Waals surface area contributed by atoms with Crippen LogP contribution in [0.3, 0.4) is 0 Å². The zero-order valence-corrected chi connectivity index (χ0v) is 32.9. The minimum atomic E-state index is 0.327. The molecule has 4 nitrogen and oxygen atoms in total. The predicted molar refractivity (Wildman–Crippen MR) is 230 cm³/mol. The topological polar surface area (TPSA) is 32.5 Å². The van der Waals surface area contributed by atoms with E-state index in [-0.39, 0.29) is 0 Å². The highest BCUT2D eigenvalue weighted by Crippen LogP contribution is 2.26. The summed E-state index contributed by atoms with van der Waals surface area (Å²) in [4.78, 5) is 9.77. The summed E-state index contributed by atoms with van der Waals surface area (Å²) < 4.78 is 4.49. The zero-order chi connectivity index (χ0) is 38.1. The van der Waals surface area contributed by atoms with E-state index in [0.29, 0.717) is 17.8 Å². The molecule has 1 unspecified atom stereocenters. The molecule has 5 rings (SSSR count). The maximum absolute atomic E-state index is 4.97. The molecular formula is C50H56N4+2. The molecule has 0 bridgehead atoms. The second-order valence-corrected chi connectivity index (χ2v) is 14.3. The zero-order valence-electron chi connectivity index (χ0n) is 32.9. The smallest absolute Gasteiger partial charge is 0.214 e. The van der Waals surface area contributed by atoms with Crippen molar-refractivity contribution < 1.29 is 9.13 Å². The molecular weight excluding hydrogens is 657 g/mol. The first-order valence-corrected chi connectivity index (χ1v) is 19.3. The molecule has 54 heavy (non-hydrogen) atoms. The Labute approximate surface area is 324 Å². The molecule has 0 aliphatic carbocycles. The van der Waals surface area contributed by atoms with E-state index in [0.717, 1.165) is 47.5 Å². The number of pyridine rings is 2. The monoisotopic (exact) mass is 712 g/mol. The highest BCUT2D eigenvalue weighted by molar-refractivity contribution is 5.90. The first-order valence-electron chi connectivity index (χ1n) is 19.3. The minimum Gasteiger partial charge on any atom is -0.293 e. The van der Waals surface area contributed by atoms with Crippen molar-refractivity contribution in [1.82, 2.24) is 0 Å². The van der Waals surface area contributed by atoms with E-state index in [1.54, 1.807) is 0 Å². The van der Waals surface area contributed by atoms with Crippen molar-refractivity contribution in [2.24, 2.45) is 15.9 Å². The van der Waals surface area contributed by atoms with Crippen molar-refractivity contribution in [3.05, 3.63) is 192 Å². The maximum atomic E-state index is 4.97. The van der Waals surface area contributed by atoms with Crippen molar-refractivity contribution in [3.8, 4) is 5.69 Å². The highest BCUT2D eigenvalue weighted by atomic mass is 14.9. The van der Waals surface area contributed by atoms with Crippen molar-refractivity contribution in [2.45, 2.75) is 66.3 Å². The van der Waals surface area contributed by atoms with Gasteiger partial charge in [-0.05, 0) is 83.7 Å². The third kappa shape index (κ3) is 11.4. The highest BCUT2D eigenvalue weighted by Gasteiger charge is 2.17. The van der Waals surface area contributed by atoms with Crippen molar-refractivity contribution in [3.63, 3.8) is 0 Å². The van der Waals surface area contributed by atoms with Gasteiger partial charge in [-0.2, -0.15) is 4.57 Å². The summed E-state index contributed by atoms with van der Waals surface area (Å²) in [5.41, 5.74) is 10.7. The minimum absolute atomic E-state index is 0.327. The van der Waals surface area contributed by atoms with Crippen LogP contribution in [0.25, 0.3) is 16.8 Å². The lowest BCUT2D eigenvalue weighted by Gasteiger charge is -2.12. The van der Waals surface area contributed by atoms with Gasteiger partial charge >= 0.3 is 0 Å². The van der Waals surface area contributed by atoms with E-state index in [9.17, 15) is 0 Å². The Morgan fingerprint density at radius 1 is 0.611 bits per heavy atom. The summed E-state index contributed by atoms with van der Waals surface area (Å²) in [7, 11) is 0. The fourth-order valence-electron chi connectivity index (χ4n) is 6.68. The largest absolute Gasteiger partial charge is 0.293 e. The molecule has 0 amide bonds. The molecule has 0 saturated heterocycles. The van der Waals surface area contributed by atoms with Crippen LogP contribution in [0.5, 0.6) is 0 Å². The summed E-state index contributed by atoms with van der Waals surface area (Å²) in [5, 5.41) is 0. The number of aromatic nitrogens is 2. The number of benzene rings is 3. The van der Waals surface area contributed by atoms with Gasteiger partial charge in [-0.3, -0.25) is 9.98 Å². The maximum Gasteiger partial charge on any atom is 0.214 e. The Bertz CT molecular complexity index is 2090. The number of para-hydroxylation sites is 2. The Hall–Kier alpha value is -5.74. The SMILES string of the molecule is C/C=C\C(=C/C=Nc1ccccc1C(C)C)c1cc[n+](CC(CN=C/C=C(\C=C/C)c2cc[n+](-c3ccccc3C(C)C)cc2)Cc2ccccc2)cc1. The van der Waals surface area contributed by atoms with Gasteiger partial charge in [0, 0.05) is 60.8 Å². The van der Waals surface area contributed by atoms with Crippen LogP contribution in [0.2, 0.25) is 0 Å². The van der Waals surface area contributed by atoms with Gasteiger partial charge in [0.15, 0.2) is 31.3 Å². The molecule has 2 heterocycles. The second kappa shape index (κ2) is 20.5. The van der Waals surface area contributed by atoms with E-state index in [2.05, 4.69) is 209 Å². The fraction of sp³-hybridized carbons (Fsp3) is 0.240. The van der Waals surface area contributed by atoms with Crippen LogP contribution in [0.15, 0.2) is 174 Å². The van der Waals surface area contributed by atoms with E-state index in [1.807, 2.05) is 18.5 Å². The van der Waals surface area contributed by atoms with Gasteiger partial charge in [0.05, 0.1) is 5.69 Å². The van der Waals surface area contributed by atoms with E-state index in [4.69, 9.17) is 9.98 Å². The number of hydrogen-bond acceptors (Lipinski definition) is 2. The molecule has 4 heteroatoms. The Morgan fingerprint density at radius 3 is 1.80 bits per heavy atom. The van der Waals surface area contributed by atoms with Gasteiger partial charge in [-0.15, -0.1) is 0 Å². The Morgan fingerprint density at radius 2 is 1.17 bits per heavy atom.